The van der Waals surface area contributed by atoms with Gasteiger partial charge in [0.05, 0.1) is 6.61 Å². The molecule has 0 saturated carbocycles. The van der Waals surface area contributed by atoms with Crippen molar-refractivity contribution in [1.82, 2.24) is 0 Å². The van der Waals surface area contributed by atoms with Gasteiger partial charge in [0.15, 0.2) is 11.5 Å². The lowest BCUT2D eigenvalue weighted by Gasteiger charge is -2.13. The Balaban J connectivity index is 0.000000189. The molecule has 0 atom stereocenters. The van der Waals surface area contributed by atoms with E-state index in [0.717, 1.165) is 30.3 Å². The molecule has 35 heavy (non-hydrogen) atoms. The van der Waals surface area contributed by atoms with Crippen molar-refractivity contribution < 1.29 is 14.2 Å². The smallest absolute Gasteiger partial charge is 0.231 e. The Kier molecular flexibility index (Phi) is 11.7. The minimum atomic E-state index is 0.362. The highest BCUT2D eigenvalue weighted by atomic mass is 16.7. The number of aryl methyl sites for hydroxylation is 2. The normalized spacial score (nSPS) is 11.6. The van der Waals surface area contributed by atoms with E-state index in [1.165, 1.54) is 22.3 Å². The van der Waals surface area contributed by atoms with Gasteiger partial charge in [-0.15, -0.1) is 0 Å². The molecule has 190 valence electrons. The second-order valence-electron chi connectivity index (χ2n) is 10.3. The zero-order chi connectivity index (χ0) is 25.8. The Hall–Kier alpha value is -2.94. The van der Waals surface area contributed by atoms with Crippen LogP contribution in [0.2, 0.25) is 0 Å². The van der Waals surface area contributed by atoms with Crippen molar-refractivity contribution in [3.8, 4) is 17.2 Å². The number of hydrogen-bond donors (Lipinski definition) is 0. The maximum absolute atomic E-state index is 5.73. The third kappa shape index (κ3) is 10.1. The molecule has 3 nitrogen and oxygen atoms in total. The van der Waals surface area contributed by atoms with Crippen LogP contribution in [0, 0.1) is 25.7 Å². The summed E-state index contributed by atoms with van der Waals surface area (Å²) in [4.78, 5) is 0. The first-order valence-corrected chi connectivity index (χ1v) is 12.8. The molecule has 0 radical (unpaired) electrons. The molecular weight excluding hydrogens is 432 g/mol. The van der Waals surface area contributed by atoms with E-state index in [0.29, 0.717) is 24.5 Å². The first-order chi connectivity index (χ1) is 16.7. The fraction of sp³-hybridized carbons (Fsp3) is 0.438. The Labute approximate surface area is 213 Å². The standard InChI is InChI=1S/C12H18O.C11H14O2.C9H12/c1-9(2)8-13-12-10(3)6-5-7-11(12)4;1-8(2)5-9-3-4-10-11(6-9)13-7-12-10;1-8(2)9-6-4-3-5-7-9/h5-7,9H,8H2,1-4H3;3-4,6,8H,5,7H2,1-2H3;3-8H,1-2H3. The summed E-state index contributed by atoms with van der Waals surface area (Å²) >= 11 is 0. The lowest BCUT2D eigenvalue weighted by Crippen LogP contribution is -2.06. The molecule has 0 N–H and O–H groups in total. The summed E-state index contributed by atoms with van der Waals surface area (Å²) in [6, 6.07) is 22.9. The van der Waals surface area contributed by atoms with Crippen molar-refractivity contribution >= 4 is 0 Å². The molecule has 1 aliphatic heterocycles. The van der Waals surface area contributed by atoms with Gasteiger partial charge in [0.25, 0.3) is 0 Å². The van der Waals surface area contributed by atoms with E-state index in [2.05, 4.69) is 110 Å². The zero-order valence-electron chi connectivity index (χ0n) is 22.9. The van der Waals surface area contributed by atoms with E-state index in [-0.39, 0.29) is 0 Å². The molecule has 0 fully saturated rings. The van der Waals surface area contributed by atoms with E-state index in [9.17, 15) is 0 Å². The van der Waals surface area contributed by atoms with Crippen LogP contribution in [0.3, 0.4) is 0 Å². The molecule has 0 unspecified atom stereocenters. The Morgan fingerprint density at radius 2 is 1.34 bits per heavy atom. The number of hydrogen-bond acceptors (Lipinski definition) is 3. The second kappa shape index (κ2) is 14.5. The highest BCUT2D eigenvalue weighted by Crippen LogP contribution is 2.33. The minimum Gasteiger partial charge on any atom is -0.493 e. The molecule has 1 heterocycles. The maximum atomic E-state index is 5.73. The third-order valence-corrected chi connectivity index (χ3v) is 5.52. The fourth-order valence-corrected chi connectivity index (χ4v) is 3.65. The molecule has 0 spiro atoms. The molecule has 4 rings (SSSR count). The SMILES string of the molecule is CC(C)Cc1ccc2c(c1)OCO2.CC(C)c1ccccc1.Cc1cccc(C)c1OCC(C)C. The lowest BCUT2D eigenvalue weighted by molar-refractivity contribution is 0.174. The van der Waals surface area contributed by atoms with Gasteiger partial charge in [0, 0.05) is 0 Å². The van der Waals surface area contributed by atoms with Gasteiger partial charge in [0.1, 0.15) is 5.75 Å². The van der Waals surface area contributed by atoms with Crippen LogP contribution in [0.15, 0.2) is 66.7 Å². The van der Waals surface area contributed by atoms with Crippen LogP contribution in [-0.4, -0.2) is 13.4 Å². The van der Waals surface area contributed by atoms with Crippen LogP contribution >= 0.6 is 0 Å². The van der Waals surface area contributed by atoms with Crippen LogP contribution in [0.5, 0.6) is 17.2 Å². The van der Waals surface area contributed by atoms with Gasteiger partial charge in [-0.2, -0.15) is 0 Å². The van der Waals surface area contributed by atoms with Gasteiger partial charge < -0.3 is 14.2 Å². The predicted octanol–water partition coefficient (Wildman–Crippen LogP) is 8.76. The number of ether oxygens (including phenoxy) is 3. The van der Waals surface area contributed by atoms with Crippen LogP contribution in [0.1, 0.15) is 69.7 Å². The summed E-state index contributed by atoms with van der Waals surface area (Å²) in [6.45, 7) is 18.5. The Morgan fingerprint density at radius 1 is 0.714 bits per heavy atom. The molecule has 3 aromatic carbocycles. The second-order valence-corrected chi connectivity index (χ2v) is 10.3. The van der Waals surface area contributed by atoms with Gasteiger partial charge in [-0.05, 0) is 72.4 Å². The summed E-state index contributed by atoms with van der Waals surface area (Å²) in [6.07, 6.45) is 1.09. The highest BCUT2D eigenvalue weighted by Gasteiger charge is 2.13. The minimum absolute atomic E-state index is 0.362. The third-order valence-electron chi connectivity index (χ3n) is 5.52. The molecule has 3 aromatic rings. The van der Waals surface area contributed by atoms with Crippen LogP contribution < -0.4 is 14.2 Å². The summed E-state index contributed by atoms with van der Waals surface area (Å²) in [5.41, 5.74) is 5.18. The van der Waals surface area contributed by atoms with E-state index in [4.69, 9.17) is 14.2 Å². The molecule has 0 aromatic heterocycles. The summed E-state index contributed by atoms with van der Waals surface area (Å²) < 4.78 is 16.3. The molecule has 0 saturated heterocycles. The average Bonchev–Trinajstić information content (AvgIpc) is 3.27. The van der Waals surface area contributed by atoms with Crippen LogP contribution in [-0.2, 0) is 6.42 Å². The van der Waals surface area contributed by atoms with Crippen molar-refractivity contribution in [2.24, 2.45) is 11.8 Å². The molecular formula is C32H44O3. The van der Waals surface area contributed by atoms with Crippen LogP contribution in [0.25, 0.3) is 0 Å². The number of rotatable bonds is 6. The monoisotopic (exact) mass is 476 g/mol. The zero-order valence-corrected chi connectivity index (χ0v) is 22.9. The lowest BCUT2D eigenvalue weighted by atomic mass is 10.0. The van der Waals surface area contributed by atoms with Gasteiger partial charge in [-0.3, -0.25) is 0 Å². The van der Waals surface area contributed by atoms with Gasteiger partial charge in [-0.25, -0.2) is 0 Å². The average molecular weight is 477 g/mol. The quantitative estimate of drug-likeness (QED) is 0.356. The molecule has 0 amide bonds. The molecule has 0 aliphatic carbocycles. The van der Waals surface area contributed by atoms with Gasteiger partial charge in [0.2, 0.25) is 6.79 Å². The largest absolute Gasteiger partial charge is 0.493 e. The molecule has 1 aliphatic rings. The number of para-hydroxylation sites is 1. The predicted molar refractivity (Wildman–Crippen MR) is 148 cm³/mol. The van der Waals surface area contributed by atoms with Gasteiger partial charge in [-0.1, -0.05) is 96.1 Å². The van der Waals surface area contributed by atoms with Crippen LogP contribution in [0.4, 0.5) is 0 Å². The van der Waals surface area contributed by atoms with Crippen molar-refractivity contribution in [3.63, 3.8) is 0 Å². The maximum Gasteiger partial charge on any atom is 0.231 e. The Bertz CT molecular complexity index is 986. The topological polar surface area (TPSA) is 27.7 Å². The fourth-order valence-electron chi connectivity index (χ4n) is 3.65. The van der Waals surface area contributed by atoms with Crippen molar-refractivity contribution in [1.29, 1.82) is 0 Å². The number of fused-ring (bicyclic) bond motifs is 1. The van der Waals surface area contributed by atoms with E-state index in [1.807, 2.05) is 12.1 Å². The van der Waals surface area contributed by atoms with E-state index in [1.54, 1.807) is 0 Å². The van der Waals surface area contributed by atoms with E-state index < -0.39 is 0 Å². The van der Waals surface area contributed by atoms with Crippen molar-refractivity contribution in [2.45, 2.75) is 67.7 Å². The Morgan fingerprint density at radius 3 is 1.89 bits per heavy atom. The summed E-state index contributed by atoms with van der Waals surface area (Å²) in [7, 11) is 0. The van der Waals surface area contributed by atoms with Crippen molar-refractivity contribution in [2.75, 3.05) is 13.4 Å². The number of benzene rings is 3. The first-order valence-electron chi connectivity index (χ1n) is 12.8. The van der Waals surface area contributed by atoms with Crippen molar-refractivity contribution in [3.05, 3.63) is 89.0 Å². The highest BCUT2D eigenvalue weighted by molar-refractivity contribution is 5.44. The molecule has 3 heteroatoms. The van der Waals surface area contributed by atoms with Gasteiger partial charge >= 0.3 is 0 Å². The first kappa shape index (κ1) is 28.3. The summed E-state index contributed by atoms with van der Waals surface area (Å²) in [5, 5.41) is 0. The van der Waals surface area contributed by atoms with E-state index >= 15 is 0 Å². The molecule has 0 bridgehead atoms. The summed E-state index contributed by atoms with van der Waals surface area (Å²) in [5.74, 6) is 4.73.